The minimum atomic E-state index is -1.12. The van der Waals surface area contributed by atoms with E-state index < -0.39 is 12.3 Å². The smallest absolute Gasteiger partial charge is 0.316 e. The van der Waals surface area contributed by atoms with Gasteiger partial charge in [0, 0.05) is 29.4 Å². The van der Waals surface area contributed by atoms with Crippen molar-refractivity contribution in [3.63, 3.8) is 0 Å². The lowest BCUT2D eigenvalue weighted by Crippen LogP contribution is -2.19. The predicted molar refractivity (Wildman–Crippen MR) is 157 cm³/mol. The zero-order chi connectivity index (χ0) is 30.0. The second-order valence-corrected chi connectivity index (χ2v) is 10.9. The van der Waals surface area contributed by atoms with E-state index in [0.717, 1.165) is 28.8 Å². The molecule has 0 saturated carbocycles. The number of fused-ring (bicyclic) bond motifs is 1. The first-order valence-electron chi connectivity index (χ1n) is 13.9. The molecular formula is C30H34ClFN6O4. The van der Waals surface area contributed by atoms with Crippen LogP contribution in [0.15, 0.2) is 28.9 Å². The number of aliphatic hydroxyl groups is 1. The largest absolute Gasteiger partial charge is 0.491 e. The molecule has 4 heterocycles. The number of anilines is 1. The lowest BCUT2D eigenvalue weighted by Gasteiger charge is -2.22. The maximum Gasteiger partial charge on any atom is 0.316 e. The fourth-order valence-electron chi connectivity index (χ4n) is 4.92. The molecule has 4 aromatic rings. The summed E-state index contributed by atoms with van der Waals surface area (Å²) in [6, 6.07) is 5.42. The number of hydrogen-bond acceptors (Lipinski definition) is 10. The van der Waals surface area contributed by atoms with E-state index in [1.165, 1.54) is 6.92 Å². The Kier molecular flexibility index (Phi) is 8.88. The van der Waals surface area contributed by atoms with Gasteiger partial charge < -0.3 is 24.0 Å². The summed E-state index contributed by atoms with van der Waals surface area (Å²) in [5, 5.41) is 14.7. The molecule has 0 amide bonds. The van der Waals surface area contributed by atoms with Gasteiger partial charge in [0.1, 0.15) is 36.7 Å². The Labute approximate surface area is 248 Å². The van der Waals surface area contributed by atoms with Crippen molar-refractivity contribution in [1.82, 2.24) is 25.1 Å². The van der Waals surface area contributed by atoms with Gasteiger partial charge in [0.2, 0.25) is 0 Å². The van der Waals surface area contributed by atoms with E-state index in [2.05, 4.69) is 20.0 Å². The van der Waals surface area contributed by atoms with E-state index in [0.29, 0.717) is 64.6 Å². The highest BCUT2D eigenvalue weighted by Gasteiger charge is 2.28. The number of alkyl halides is 1. The number of aryl methyl sites for hydroxylation is 2. The van der Waals surface area contributed by atoms with Crippen LogP contribution in [-0.4, -0.2) is 55.7 Å². The van der Waals surface area contributed by atoms with Crippen molar-refractivity contribution in [2.24, 2.45) is 0 Å². The van der Waals surface area contributed by atoms with Gasteiger partial charge in [-0.3, -0.25) is 0 Å². The quantitative estimate of drug-likeness (QED) is 0.222. The molecule has 5 rings (SSSR count). The summed E-state index contributed by atoms with van der Waals surface area (Å²) in [6.07, 6.45) is 1.53. The maximum atomic E-state index is 13.3. The molecule has 0 aliphatic carbocycles. The molecule has 0 fully saturated rings. The summed E-state index contributed by atoms with van der Waals surface area (Å²) in [4.78, 5) is 20.8. The molecule has 1 aliphatic rings. The van der Waals surface area contributed by atoms with E-state index in [9.17, 15) is 9.50 Å². The fraction of sp³-hybridized carbons (Fsp3) is 0.433. The van der Waals surface area contributed by atoms with E-state index in [1.54, 1.807) is 24.4 Å². The zero-order valence-electron chi connectivity index (χ0n) is 24.3. The minimum Gasteiger partial charge on any atom is -0.491 e. The van der Waals surface area contributed by atoms with Crippen LogP contribution < -0.4 is 14.4 Å². The Balaban J connectivity index is 1.55. The Hall–Kier alpha value is -3.83. The highest BCUT2D eigenvalue weighted by molar-refractivity contribution is 6.33. The molecule has 42 heavy (non-hydrogen) atoms. The molecular weight excluding hydrogens is 563 g/mol. The third kappa shape index (κ3) is 6.32. The molecule has 10 nitrogen and oxygen atoms in total. The molecule has 1 unspecified atom stereocenters. The van der Waals surface area contributed by atoms with Gasteiger partial charge >= 0.3 is 6.01 Å². The predicted octanol–water partition coefficient (Wildman–Crippen LogP) is 5.96. The van der Waals surface area contributed by atoms with Crippen molar-refractivity contribution in [2.45, 2.75) is 72.8 Å². The number of rotatable bonds is 11. The molecule has 222 valence electrons. The number of aromatic nitrogens is 5. The van der Waals surface area contributed by atoms with E-state index >= 15 is 0 Å². The molecule has 0 spiro atoms. The van der Waals surface area contributed by atoms with Gasteiger partial charge in [0.15, 0.2) is 5.82 Å². The molecule has 0 saturated heterocycles. The van der Waals surface area contributed by atoms with E-state index in [-0.39, 0.29) is 19.2 Å². The van der Waals surface area contributed by atoms with E-state index in [1.807, 2.05) is 27.7 Å². The summed E-state index contributed by atoms with van der Waals surface area (Å²) in [6.45, 7) is 10.1. The number of benzene rings is 1. The van der Waals surface area contributed by atoms with Gasteiger partial charge in [-0.05, 0) is 52.3 Å². The number of aliphatic hydroxyl groups excluding tert-OH is 1. The minimum absolute atomic E-state index is 0.112. The van der Waals surface area contributed by atoms with Crippen LogP contribution >= 0.6 is 11.6 Å². The van der Waals surface area contributed by atoms with Crippen LogP contribution in [0.3, 0.4) is 0 Å². The lowest BCUT2D eigenvalue weighted by atomic mass is 10.0. The van der Waals surface area contributed by atoms with Crippen LogP contribution in [0.25, 0.3) is 22.6 Å². The lowest BCUT2D eigenvalue weighted by molar-refractivity contribution is 0.0994. The number of halogens is 2. The van der Waals surface area contributed by atoms with Crippen molar-refractivity contribution in [1.29, 1.82) is 0 Å². The fourth-order valence-corrected chi connectivity index (χ4v) is 5.12. The average molecular weight is 597 g/mol. The van der Waals surface area contributed by atoms with Gasteiger partial charge in [-0.2, -0.15) is 4.98 Å². The number of ether oxygens (including phenoxy) is 2. The number of hydrogen-bond donors (Lipinski definition) is 1. The first kappa shape index (κ1) is 29.7. The standard InChI is InChI=1S/C30H34ClFN6O4/c1-6-7-21(39)15-40-22-8-9-24(31)23(10-22)28-35-27(26-18(4)37-42-19(26)5)17(3)29(36-28)38-12-20-11-33-30(34-25(20)13-38)41-14-16(2)32/h8-11,16,21,39H,6-7,12-15H2,1-5H3/t16?,21-/m1/s1. The van der Waals surface area contributed by atoms with E-state index in [4.69, 9.17) is 35.6 Å². The van der Waals surface area contributed by atoms with Crippen LogP contribution in [0.2, 0.25) is 5.02 Å². The van der Waals surface area contributed by atoms with Crippen molar-refractivity contribution >= 4 is 17.4 Å². The summed E-state index contributed by atoms with van der Waals surface area (Å²) < 4.78 is 30.1. The highest BCUT2D eigenvalue weighted by Crippen LogP contribution is 2.39. The van der Waals surface area contributed by atoms with Crippen LogP contribution in [0.4, 0.5) is 10.2 Å². The van der Waals surface area contributed by atoms with Crippen LogP contribution in [-0.2, 0) is 13.1 Å². The topological polar surface area (TPSA) is 120 Å². The Morgan fingerprint density at radius 2 is 1.93 bits per heavy atom. The molecule has 0 bridgehead atoms. The maximum absolute atomic E-state index is 13.3. The van der Waals surface area contributed by atoms with Crippen molar-refractivity contribution in [3.8, 4) is 34.4 Å². The number of nitrogens with zero attached hydrogens (tertiary/aromatic N) is 6. The Bertz CT molecular complexity index is 1560. The second kappa shape index (κ2) is 12.6. The zero-order valence-corrected chi connectivity index (χ0v) is 25.1. The first-order valence-corrected chi connectivity index (χ1v) is 14.3. The van der Waals surface area contributed by atoms with Gasteiger partial charge in [0.05, 0.1) is 40.3 Å². The molecule has 3 aromatic heterocycles. The first-order chi connectivity index (χ1) is 20.1. The summed E-state index contributed by atoms with van der Waals surface area (Å²) in [5.41, 5.74) is 5.30. The van der Waals surface area contributed by atoms with Crippen LogP contribution in [0.1, 0.15) is 55.0 Å². The monoisotopic (exact) mass is 596 g/mol. The molecule has 1 aromatic carbocycles. The van der Waals surface area contributed by atoms with Crippen LogP contribution in [0, 0.1) is 20.8 Å². The molecule has 0 radical (unpaired) electrons. The molecule has 2 atom stereocenters. The SMILES string of the molecule is CCC[C@@H](O)COc1ccc(Cl)c(-c2nc(-c3c(C)noc3C)c(C)c(N3Cc4cnc(OCC(C)F)nc4C3)n2)c1. The molecule has 1 aliphatic heterocycles. The van der Waals surface area contributed by atoms with Crippen molar-refractivity contribution in [3.05, 3.63) is 57.7 Å². The summed E-state index contributed by atoms with van der Waals surface area (Å²) in [5.74, 6) is 2.28. The van der Waals surface area contributed by atoms with Crippen molar-refractivity contribution < 1.29 is 23.5 Å². The average Bonchev–Trinajstić information content (AvgIpc) is 3.53. The summed E-state index contributed by atoms with van der Waals surface area (Å²) >= 11 is 6.69. The molecule has 1 N–H and O–H groups in total. The van der Waals surface area contributed by atoms with Gasteiger partial charge in [-0.25, -0.2) is 19.3 Å². The van der Waals surface area contributed by atoms with Crippen molar-refractivity contribution in [2.75, 3.05) is 18.1 Å². The second-order valence-electron chi connectivity index (χ2n) is 10.5. The third-order valence-corrected chi connectivity index (χ3v) is 7.34. The van der Waals surface area contributed by atoms with Gasteiger partial charge in [-0.15, -0.1) is 0 Å². The normalized spacial score (nSPS) is 14.1. The third-order valence-electron chi connectivity index (χ3n) is 7.01. The van der Waals surface area contributed by atoms with Crippen LogP contribution in [0.5, 0.6) is 11.8 Å². The Morgan fingerprint density at radius 1 is 1.12 bits per heavy atom. The molecule has 12 heteroatoms. The highest BCUT2D eigenvalue weighted by atomic mass is 35.5. The van der Waals surface area contributed by atoms with Gasteiger partial charge in [-0.1, -0.05) is 30.1 Å². The Morgan fingerprint density at radius 3 is 2.64 bits per heavy atom. The van der Waals surface area contributed by atoms with Gasteiger partial charge in [0.25, 0.3) is 0 Å². The summed E-state index contributed by atoms with van der Waals surface area (Å²) in [7, 11) is 0.